The zero-order valence-corrected chi connectivity index (χ0v) is 15.0. The first kappa shape index (κ1) is 19.9. The molecule has 0 rings (SSSR count). The van der Waals surface area contributed by atoms with Crippen molar-refractivity contribution < 1.29 is 9.59 Å². The summed E-state index contributed by atoms with van der Waals surface area (Å²) < 4.78 is 0. The first-order chi connectivity index (χ1) is 9.52. The third kappa shape index (κ3) is 8.74. The number of carbonyl (C=O) groups is 2. The largest absolute Gasteiger partial charge is 0.343 e. The molecule has 0 aromatic carbocycles. The molecule has 21 heavy (non-hydrogen) atoms. The molecule has 0 heterocycles. The number of nitrogens with one attached hydrogen (secondary N) is 1. The topological polar surface area (TPSA) is 49.4 Å². The summed E-state index contributed by atoms with van der Waals surface area (Å²) in [6.07, 6.45) is 3.64. The molecule has 0 unspecified atom stereocenters. The van der Waals surface area contributed by atoms with Crippen molar-refractivity contribution in [3.8, 4) is 0 Å². The molecule has 0 aliphatic rings. The summed E-state index contributed by atoms with van der Waals surface area (Å²) in [6, 6.07) is 0. The number of nitrogens with zero attached hydrogens (tertiary/aromatic N) is 1. The molecule has 0 aromatic heterocycles. The standard InChI is InChI=1S/C17H34N2O2/c1-8-10-12-19(11-9-2)15(21)14(20)18-17(6,7)13-16(3,4)5/h8-13H2,1-7H3,(H,18,20). The van der Waals surface area contributed by atoms with E-state index in [2.05, 4.69) is 33.0 Å². The van der Waals surface area contributed by atoms with Gasteiger partial charge < -0.3 is 10.2 Å². The Bertz CT molecular complexity index is 343. The molecule has 0 bridgehead atoms. The van der Waals surface area contributed by atoms with Gasteiger partial charge in [0.05, 0.1) is 0 Å². The van der Waals surface area contributed by atoms with Gasteiger partial charge in [0.25, 0.3) is 0 Å². The second-order valence-electron chi connectivity index (χ2n) is 7.72. The van der Waals surface area contributed by atoms with E-state index >= 15 is 0 Å². The van der Waals surface area contributed by atoms with Crippen molar-refractivity contribution in [2.24, 2.45) is 5.41 Å². The van der Waals surface area contributed by atoms with Gasteiger partial charge in [0.1, 0.15) is 0 Å². The average molecular weight is 298 g/mol. The molecule has 0 spiro atoms. The summed E-state index contributed by atoms with van der Waals surface area (Å²) in [7, 11) is 0. The summed E-state index contributed by atoms with van der Waals surface area (Å²) in [6.45, 7) is 15.8. The monoisotopic (exact) mass is 298 g/mol. The number of hydrogen-bond acceptors (Lipinski definition) is 2. The van der Waals surface area contributed by atoms with Crippen LogP contribution >= 0.6 is 0 Å². The van der Waals surface area contributed by atoms with Gasteiger partial charge in [-0.3, -0.25) is 9.59 Å². The lowest BCUT2D eigenvalue weighted by molar-refractivity contribution is -0.147. The Morgan fingerprint density at radius 1 is 0.952 bits per heavy atom. The van der Waals surface area contributed by atoms with Gasteiger partial charge in [0, 0.05) is 18.6 Å². The first-order valence-corrected chi connectivity index (χ1v) is 8.14. The summed E-state index contributed by atoms with van der Waals surface area (Å²) in [5.74, 6) is -0.874. The quantitative estimate of drug-likeness (QED) is 0.733. The van der Waals surface area contributed by atoms with Gasteiger partial charge in [-0.25, -0.2) is 0 Å². The minimum absolute atomic E-state index is 0.102. The van der Waals surface area contributed by atoms with Crippen molar-refractivity contribution in [2.45, 2.75) is 79.7 Å². The maximum Gasteiger partial charge on any atom is 0.311 e. The van der Waals surface area contributed by atoms with Crippen LogP contribution in [-0.2, 0) is 9.59 Å². The highest BCUT2D eigenvalue weighted by atomic mass is 16.2. The van der Waals surface area contributed by atoms with Crippen LogP contribution < -0.4 is 5.32 Å². The molecule has 0 aliphatic carbocycles. The van der Waals surface area contributed by atoms with Crippen molar-refractivity contribution in [1.29, 1.82) is 0 Å². The Morgan fingerprint density at radius 2 is 1.52 bits per heavy atom. The fourth-order valence-corrected chi connectivity index (χ4v) is 2.81. The summed E-state index contributed by atoms with van der Waals surface area (Å²) in [5, 5.41) is 2.90. The van der Waals surface area contributed by atoms with E-state index in [0.29, 0.717) is 13.1 Å². The summed E-state index contributed by atoms with van der Waals surface area (Å²) >= 11 is 0. The Hall–Kier alpha value is -1.06. The van der Waals surface area contributed by atoms with Crippen LogP contribution in [0.4, 0.5) is 0 Å². The SMILES string of the molecule is CCCCN(CCC)C(=O)C(=O)NC(C)(C)CC(C)(C)C. The second kappa shape index (κ2) is 8.40. The van der Waals surface area contributed by atoms with Crippen LogP contribution in [0.25, 0.3) is 0 Å². The summed E-state index contributed by atoms with van der Waals surface area (Å²) in [5.41, 5.74) is -0.279. The Kier molecular flexibility index (Phi) is 7.98. The van der Waals surface area contributed by atoms with E-state index in [9.17, 15) is 9.59 Å². The maximum absolute atomic E-state index is 12.3. The number of hydrogen-bond donors (Lipinski definition) is 1. The van der Waals surface area contributed by atoms with Crippen molar-refractivity contribution in [1.82, 2.24) is 10.2 Å². The van der Waals surface area contributed by atoms with E-state index in [4.69, 9.17) is 0 Å². The van der Waals surface area contributed by atoms with Crippen molar-refractivity contribution in [2.75, 3.05) is 13.1 Å². The Labute approximate surface area is 130 Å². The molecule has 0 saturated heterocycles. The van der Waals surface area contributed by atoms with Crippen LogP contribution in [0.2, 0.25) is 0 Å². The minimum atomic E-state index is -0.478. The van der Waals surface area contributed by atoms with Gasteiger partial charge in [-0.05, 0) is 38.5 Å². The molecule has 1 N–H and O–H groups in total. The molecule has 0 atom stereocenters. The molecule has 0 radical (unpaired) electrons. The molecule has 2 amide bonds. The van der Waals surface area contributed by atoms with E-state index in [1.807, 2.05) is 20.8 Å². The predicted octanol–water partition coefficient (Wildman–Crippen LogP) is 3.36. The highest BCUT2D eigenvalue weighted by molar-refractivity contribution is 6.35. The van der Waals surface area contributed by atoms with Gasteiger partial charge in [0.15, 0.2) is 0 Å². The third-order valence-electron chi connectivity index (χ3n) is 3.18. The van der Waals surface area contributed by atoms with Gasteiger partial charge >= 0.3 is 11.8 Å². The minimum Gasteiger partial charge on any atom is -0.343 e. The van der Waals surface area contributed by atoms with Crippen molar-refractivity contribution in [3.63, 3.8) is 0 Å². The molecule has 0 saturated carbocycles. The predicted molar refractivity (Wildman–Crippen MR) is 88.1 cm³/mol. The second-order valence-corrected chi connectivity index (χ2v) is 7.72. The van der Waals surface area contributed by atoms with Gasteiger partial charge in [-0.1, -0.05) is 41.0 Å². The van der Waals surface area contributed by atoms with Crippen LogP contribution in [0.3, 0.4) is 0 Å². The van der Waals surface area contributed by atoms with Crippen LogP contribution in [0.5, 0.6) is 0 Å². The lowest BCUT2D eigenvalue weighted by atomic mass is 9.82. The highest BCUT2D eigenvalue weighted by Crippen LogP contribution is 2.26. The fourth-order valence-electron chi connectivity index (χ4n) is 2.81. The van der Waals surface area contributed by atoms with E-state index in [1.165, 1.54) is 0 Å². The highest BCUT2D eigenvalue weighted by Gasteiger charge is 2.30. The smallest absolute Gasteiger partial charge is 0.311 e. The molecular weight excluding hydrogens is 264 g/mol. The zero-order chi connectivity index (χ0) is 16.7. The van der Waals surface area contributed by atoms with Gasteiger partial charge in [-0.15, -0.1) is 0 Å². The number of unbranched alkanes of at least 4 members (excludes halogenated alkanes) is 1. The summed E-state index contributed by atoms with van der Waals surface area (Å²) in [4.78, 5) is 26.2. The normalized spacial score (nSPS) is 12.1. The molecule has 4 heteroatoms. The third-order valence-corrected chi connectivity index (χ3v) is 3.18. The molecular formula is C17H34N2O2. The Balaban J connectivity index is 4.70. The van der Waals surface area contributed by atoms with Crippen LogP contribution in [0.1, 0.15) is 74.1 Å². The van der Waals surface area contributed by atoms with Crippen molar-refractivity contribution >= 4 is 11.8 Å². The van der Waals surface area contributed by atoms with E-state index in [-0.39, 0.29) is 11.0 Å². The average Bonchev–Trinajstić information content (AvgIpc) is 2.29. The molecule has 0 fully saturated rings. The lowest BCUT2D eigenvalue weighted by Crippen LogP contribution is -2.52. The maximum atomic E-state index is 12.3. The molecule has 0 aromatic rings. The Morgan fingerprint density at radius 3 is 1.95 bits per heavy atom. The first-order valence-electron chi connectivity index (χ1n) is 8.14. The van der Waals surface area contributed by atoms with Crippen LogP contribution in [-0.4, -0.2) is 35.3 Å². The van der Waals surface area contributed by atoms with Crippen LogP contribution in [0, 0.1) is 5.41 Å². The number of carbonyl (C=O) groups excluding carboxylic acids is 2. The van der Waals surface area contributed by atoms with Gasteiger partial charge in [0.2, 0.25) is 0 Å². The number of rotatable bonds is 7. The molecule has 0 aliphatic heterocycles. The van der Waals surface area contributed by atoms with Crippen LogP contribution in [0.15, 0.2) is 0 Å². The van der Waals surface area contributed by atoms with Crippen molar-refractivity contribution in [3.05, 3.63) is 0 Å². The molecule has 4 nitrogen and oxygen atoms in total. The molecule has 124 valence electrons. The zero-order valence-electron chi connectivity index (χ0n) is 15.0. The van der Waals surface area contributed by atoms with E-state index in [1.54, 1.807) is 4.90 Å². The van der Waals surface area contributed by atoms with E-state index < -0.39 is 11.8 Å². The number of amides is 2. The fraction of sp³-hybridized carbons (Fsp3) is 0.882. The van der Waals surface area contributed by atoms with E-state index in [0.717, 1.165) is 25.7 Å². The lowest BCUT2D eigenvalue weighted by Gasteiger charge is -2.33. The van der Waals surface area contributed by atoms with Gasteiger partial charge in [-0.2, -0.15) is 0 Å².